The number of nitrogens with zero attached hydrogens (tertiary/aromatic N) is 3. The molecular weight excluding hydrogens is 314 g/mol. The number of ether oxygens (including phenoxy) is 1. The normalized spacial score (nSPS) is 10.5. The van der Waals surface area contributed by atoms with Crippen molar-refractivity contribution in [3.63, 3.8) is 0 Å². The molecule has 0 fully saturated rings. The highest BCUT2D eigenvalue weighted by molar-refractivity contribution is 5.80. The molecule has 8 nitrogen and oxygen atoms in total. The van der Waals surface area contributed by atoms with Gasteiger partial charge in [-0.3, -0.25) is 25.2 Å². The fraction of sp³-hybridized carbons (Fsp3) is 0.0625. The summed E-state index contributed by atoms with van der Waals surface area (Å²) in [6.45, 7) is 1.86. The molecule has 0 bridgehead atoms. The van der Waals surface area contributed by atoms with E-state index in [-0.39, 0.29) is 11.4 Å². The minimum Gasteiger partial charge on any atom is -0.450 e. The van der Waals surface area contributed by atoms with Gasteiger partial charge in [-0.2, -0.15) is 0 Å². The lowest BCUT2D eigenvalue weighted by Crippen LogP contribution is -1.96. The van der Waals surface area contributed by atoms with Gasteiger partial charge in [0.25, 0.3) is 5.69 Å². The second-order valence-corrected chi connectivity index (χ2v) is 5.08. The maximum absolute atomic E-state index is 11.1. The predicted molar refractivity (Wildman–Crippen MR) is 86.3 cm³/mol. The number of hydrogen-bond acceptors (Lipinski definition) is 6. The average Bonchev–Trinajstić information content (AvgIpc) is 2.54. The number of benzene rings is 2. The molecule has 0 saturated heterocycles. The number of nitro benzene ring substituents is 2. The molecule has 1 aromatic heterocycles. The molecule has 0 unspecified atom stereocenters. The SMILES string of the molecule is Cc1ccc2ccc(Oc3ccc([N+](=O)[O-])cc3[N+](=O)[O-])cc2n1. The summed E-state index contributed by atoms with van der Waals surface area (Å²) in [7, 11) is 0. The van der Waals surface area contributed by atoms with Crippen LogP contribution in [0.15, 0.2) is 48.5 Å². The monoisotopic (exact) mass is 325 g/mol. The van der Waals surface area contributed by atoms with E-state index in [0.29, 0.717) is 11.3 Å². The molecule has 0 atom stereocenters. The molecule has 0 aliphatic rings. The van der Waals surface area contributed by atoms with Crippen LogP contribution in [-0.2, 0) is 0 Å². The third-order valence-electron chi connectivity index (χ3n) is 3.38. The molecule has 120 valence electrons. The summed E-state index contributed by atoms with van der Waals surface area (Å²) in [6, 6.07) is 12.1. The van der Waals surface area contributed by atoms with Crippen LogP contribution in [0.3, 0.4) is 0 Å². The Morgan fingerprint density at radius 2 is 1.71 bits per heavy atom. The summed E-state index contributed by atoms with van der Waals surface area (Å²) in [5.41, 5.74) is 0.685. The maximum atomic E-state index is 11.1. The predicted octanol–water partition coefficient (Wildman–Crippen LogP) is 4.15. The Labute approximate surface area is 135 Å². The summed E-state index contributed by atoms with van der Waals surface area (Å²) in [5.74, 6) is 0.287. The van der Waals surface area contributed by atoms with Gasteiger partial charge in [0.1, 0.15) is 5.75 Å². The maximum Gasteiger partial charge on any atom is 0.318 e. The van der Waals surface area contributed by atoms with Crippen LogP contribution in [0.4, 0.5) is 11.4 Å². The van der Waals surface area contributed by atoms with Crippen molar-refractivity contribution in [1.29, 1.82) is 0 Å². The molecular formula is C16H11N3O5. The highest BCUT2D eigenvalue weighted by Crippen LogP contribution is 2.35. The van der Waals surface area contributed by atoms with Crippen LogP contribution >= 0.6 is 0 Å². The number of aromatic nitrogens is 1. The topological polar surface area (TPSA) is 108 Å². The van der Waals surface area contributed by atoms with Crippen LogP contribution < -0.4 is 4.74 Å². The van der Waals surface area contributed by atoms with Crippen molar-refractivity contribution >= 4 is 22.3 Å². The Hall–Kier alpha value is -3.55. The van der Waals surface area contributed by atoms with E-state index >= 15 is 0 Å². The first kappa shape index (κ1) is 15.3. The number of fused-ring (bicyclic) bond motifs is 1. The molecule has 3 rings (SSSR count). The van der Waals surface area contributed by atoms with E-state index in [1.54, 1.807) is 18.2 Å². The number of rotatable bonds is 4. The van der Waals surface area contributed by atoms with Crippen LogP contribution in [-0.4, -0.2) is 14.8 Å². The summed E-state index contributed by atoms with van der Waals surface area (Å²) >= 11 is 0. The Kier molecular flexibility index (Phi) is 3.78. The Balaban J connectivity index is 2.01. The minimum absolute atomic E-state index is 0.0717. The van der Waals surface area contributed by atoms with Gasteiger partial charge in [0, 0.05) is 23.2 Å². The third-order valence-corrected chi connectivity index (χ3v) is 3.38. The molecule has 0 amide bonds. The van der Waals surface area contributed by atoms with Gasteiger partial charge in [0.15, 0.2) is 0 Å². The summed E-state index contributed by atoms with van der Waals surface area (Å²) < 4.78 is 5.55. The van der Waals surface area contributed by atoms with Crippen LogP contribution in [0, 0.1) is 27.2 Å². The van der Waals surface area contributed by atoms with Crippen LogP contribution in [0.5, 0.6) is 11.5 Å². The molecule has 0 spiro atoms. The molecule has 0 radical (unpaired) electrons. The number of nitro groups is 2. The average molecular weight is 325 g/mol. The van der Waals surface area contributed by atoms with Crippen LogP contribution in [0.25, 0.3) is 10.9 Å². The second-order valence-electron chi connectivity index (χ2n) is 5.08. The number of non-ortho nitro benzene ring substituents is 1. The number of aryl methyl sites for hydroxylation is 1. The van der Waals surface area contributed by atoms with E-state index in [2.05, 4.69) is 4.98 Å². The number of pyridine rings is 1. The van der Waals surface area contributed by atoms with Crippen LogP contribution in [0.1, 0.15) is 5.69 Å². The molecule has 2 aromatic carbocycles. The van der Waals surface area contributed by atoms with Crippen molar-refractivity contribution in [2.45, 2.75) is 6.92 Å². The van der Waals surface area contributed by atoms with Crippen molar-refractivity contribution in [1.82, 2.24) is 4.98 Å². The van der Waals surface area contributed by atoms with E-state index < -0.39 is 15.5 Å². The largest absolute Gasteiger partial charge is 0.450 e. The van der Waals surface area contributed by atoms with E-state index in [0.717, 1.165) is 23.2 Å². The summed E-state index contributed by atoms with van der Waals surface area (Å²) in [6.07, 6.45) is 0. The van der Waals surface area contributed by atoms with Gasteiger partial charge in [0.2, 0.25) is 5.75 Å². The zero-order chi connectivity index (χ0) is 17.3. The number of hydrogen-bond donors (Lipinski definition) is 0. The standard InChI is InChI=1S/C16H11N3O5/c1-10-2-3-11-4-6-13(9-14(11)17-10)24-16-7-5-12(18(20)21)8-15(16)19(22)23/h2-9H,1H3. The Morgan fingerprint density at radius 1 is 0.958 bits per heavy atom. The lowest BCUT2D eigenvalue weighted by atomic mass is 10.2. The Morgan fingerprint density at radius 3 is 2.42 bits per heavy atom. The van der Waals surface area contributed by atoms with Crippen molar-refractivity contribution in [2.75, 3.05) is 0 Å². The molecule has 0 aliphatic heterocycles. The molecule has 0 aliphatic carbocycles. The molecule has 3 aromatic rings. The van der Waals surface area contributed by atoms with Gasteiger partial charge in [-0.05, 0) is 31.2 Å². The molecule has 1 heterocycles. The quantitative estimate of drug-likeness (QED) is 0.526. The van der Waals surface area contributed by atoms with Crippen molar-refractivity contribution in [2.24, 2.45) is 0 Å². The van der Waals surface area contributed by atoms with E-state index in [1.165, 1.54) is 6.07 Å². The zero-order valence-corrected chi connectivity index (χ0v) is 12.5. The van der Waals surface area contributed by atoms with E-state index in [9.17, 15) is 20.2 Å². The van der Waals surface area contributed by atoms with Gasteiger partial charge in [-0.25, -0.2) is 0 Å². The first-order valence-electron chi connectivity index (χ1n) is 6.92. The van der Waals surface area contributed by atoms with Gasteiger partial charge in [0.05, 0.1) is 21.4 Å². The van der Waals surface area contributed by atoms with Crippen molar-refractivity contribution < 1.29 is 14.6 Å². The lowest BCUT2D eigenvalue weighted by Gasteiger charge is -2.07. The molecule has 0 N–H and O–H groups in total. The zero-order valence-electron chi connectivity index (χ0n) is 12.5. The smallest absolute Gasteiger partial charge is 0.318 e. The van der Waals surface area contributed by atoms with Gasteiger partial charge in [-0.15, -0.1) is 0 Å². The molecule has 0 saturated carbocycles. The second kappa shape index (κ2) is 5.92. The van der Waals surface area contributed by atoms with E-state index in [4.69, 9.17) is 4.74 Å². The fourth-order valence-corrected chi connectivity index (χ4v) is 2.24. The molecule has 8 heteroatoms. The van der Waals surface area contributed by atoms with Gasteiger partial charge in [-0.1, -0.05) is 6.07 Å². The summed E-state index contributed by atoms with van der Waals surface area (Å²) in [4.78, 5) is 24.9. The molecule has 24 heavy (non-hydrogen) atoms. The fourth-order valence-electron chi connectivity index (χ4n) is 2.24. The van der Waals surface area contributed by atoms with Gasteiger partial charge >= 0.3 is 5.69 Å². The first-order chi connectivity index (χ1) is 11.4. The first-order valence-corrected chi connectivity index (χ1v) is 6.92. The Bertz CT molecular complexity index is 971. The summed E-state index contributed by atoms with van der Waals surface area (Å²) in [5, 5.41) is 22.8. The van der Waals surface area contributed by atoms with E-state index in [1.807, 2.05) is 19.1 Å². The van der Waals surface area contributed by atoms with Crippen molar-refractivity contribution in [3.8, 4) is 11.5 Å². The highest BCUT2D eigenvalue weighted by Gasteiger charge is 2.21. The van der Waals surface area contributed by atoms with Crippen LogP contribution in [0.2, 0.25) is 0 Å². The highest BCUT2D eigenvalue weighted by atomic mass is 16.6. The van der Waals surface area contributed by atoms with Gasteiger partial charge < -0.3 is 4.74 Å². The minimum atomic E-state index is -0.716. The lowest BCUT2D eigenvalue weighted by molar-refractivity contribution is -0.394. The van der Waals surface area contributed by atoms with Crippen molar-refractivity contribution in [3.05, 3.63) is 74.5 Å². The third kappa shape index (κ3) is 2.98.